The molecule has 0 saturated heterocycles. The van der Waals surface area contributed by atoms with Crippen LogP contribution in [-0.2, 0) is 5.41 Å². The zero-order valence-electron chi connectivity index (χ0n) is 9.68. The molecule has 2 fully saturated rings. The topological polar surface area (TPSA) is 37.8 Å². The van der Waals surface area contributed by atoms with Gasteiger partial charge in [-0.3, -0.25) is 0 Å². The summed E-state index contributed by atoms with van der Waals surface area (Å²) < 4.78 is 1.22. The number of nitrogens with one attached hydrogen (secondary N) is 1. The Morgan fingerprint density at radius 3 is 2.50 bits per heavy atom. The molecule has 0 unspecified atom stereocenters. The largest absolute Gasteiger partial charge is 0.372 e. The number of aromatic nitrogens is 2. The number of anilines is 1. The van der Waals surface area contributed by atoms with Crippen LogP contribution in [0.25, 0.3) is 0 Å². The first-order valence-electron chi connectivity index (χ1n) is 5.90. The van der Waals surface area contributed by atoms with Crippen LogP contribution in [0.1, 0.15) is 50.0 Å². The predicted octanol–water partition coefficient (Wildman–Crippen LogP) is 3.05. The van der Waals surface area contributed by atoms with Gasteiger partial charge in [0.1, 0.15) is 11.6 Å². The van der Waals surface area contributed by atoms with Crippen LogP contribution in [0.15, 0.2) is 0 Å². The van der Waals surface area contributed by atoms with E-state index in [1.165, 1.54) is 34.9 Å². The molecule has 0 spiro atoms. The van der Waals surface area contributed by atoms with Crippen molar-refractivity contribution in [3.05, 3.63) is 15.1 Å². The number of halogens is 1. The van der Waals surface area contributed by atoms with Gasteiger partial charge in [0.2, 0.25) is 0 Å². The first kappa shape index (κ1) is 10.7. The zero-order chi connectivity index (χ0) is 11.3. The minimum Gasteiger partial charge on any atom is -0.372 e. The van der Waals surface area contributed by atoms with Crippen molar-refractivity contribution in [2.24, 2.45) is 0 Å². The summed E-state index contributed by atoms with van der Waals surface area (Å²) in [7, 11) is 1.94. The van der Waals surface area contributed by atoms with Gasteiger partial charge in [-0.15, -0.1) is 0 Å². The van der Waals surface area contributed by atoms with E-state index < -0.39 is 0 Å². The Bertz CT molecular complexity index is 436. The highest BCUT2D eigenvalue weighted by Gasteiger charge is 2.43. The standard InChI is InChI=1S/C12H16IN3/c1-12(5-6-12)11-15-9(7-3-4-7)8(13)10(14-2)16-11/h7H,3-6H2,1-2H3,(H,14,15,16). The Morgan fingerprint density at radius 1 is 1.31 bits per heavy atom. The summed E-state index contributed by atoms with van der Waals surface area (Å²) in [5, 5.41) is 3.20. The highest BCUT2D eigenvalue weighted by molar-refractivity contribution is 14.1. The molecule has 0 bridgehead atoms. The normalized spacial score (nSPS) is 21.9. The van der Waals surface area contributed by atoms with Gasteiger partial charge in [-0.25, -0.2) is 9.97 Å². The lowest BCUT2D eigenvalue weighted by Gasteiger charge is -2.13. The number of nitrogens with zero attached hydrogens (tertiary/aromatic N) is 2. The maximum Gasteiger partial charge on any atom is 0.143 e. The van der Waals surface area contributed by atoms with Gasteiger partial charge in [0, 0.05) is 18.4 Å². The van der Waals surface area contributed by atoms with E-state index in [1.54, 1.807) is 0 Å². The molecule has 86 valence electrons. The molecule has 1 aromatic heterocycles. The average molecular weight is 329 g/mol. The SMILES string of the molecule is CNc1nc(C2(C)CC2)nc(C2CC2)c1I. The number of hydrogen-bond donors (Lipinski definition) is 1. The van der Waals surface area contributed by atoms with Crippen LogP contribution in [0.2, 0.25) is 0 Å². The van der Waals surface area contributed by atoms with Crippen molar-refractivity contribution >= 4 is 28.4 Å². The van der Waals surface area contributed by atoms with E-state index >= 15 is 0 Å². The fraction of sp³-hybridized carbons (Fsp3) is 0.667. The van der Waals surface area contributed by atoms with Gasteiger partial charge < -0.3 is 5.32 Å². The third-order valence-electron chi connectivity index (χ3n) is 3.62. The lowest BCUT2D eigenvalue weighted by molar-refractivity contribution is 0.696. The van der Waals surface area contributed by atoms with Gasteiger partial charge in [0.05, 0.1) is 9.26 Å². The van der Waals surface area contributed by atoms with E-state index in [2.05, 4.69) is 39.8 Å². The van der Waals surface area contributed by atoms with Gasteiger partial charge in [-0.05, 0) is 48.3 Å². The maximum atomic E-state index is 4.82. The molecule has 0 aromatic carbocycles. The monoisotopic (exact) mass is 329 g/mol. The Labute approximate surface area is 110 Å². The molecular formula is C12H16IN3. The molecule has 2 saturated carbocycles. The van der Waals surface area contributed by atoms with Crippen molar-refractivity contribution in [1.82, 2.24) is 9.97 Å². The van der Waals surface area contributed by atoms with Crippen LogP contribution in [0, 0.1) is 3.57 Å². The van der Waals surface area contributed by atoms with E-state index in [-0.39, 0.29) is 5.41 Å². The second-order valence-electron chi connectivity index (χ2n) is 5.18. The summed E-state index contributed by atoms with van der Waals surface area (Å²) in [4.78, 5) is 9.48. The van der Waals surface area contributed by atoms with Crippen LogP contribution in [-0.4, -0.2) is 17.0 Å². The zero-order valence-corrected chi connectivity index (χ0v) is 11.8. The minimum absolute atomic E-state index is 0.263. The maximum absolute atomic E-state index is 4.82. The average Bonchev–Trinajstić information content (AvgIpc) is 3.14. The van der Waals surface area contributed by atoms with E-state index in [0.29, 0.717) is 5.92 Å². The molecule has 0 aliphatic heterocycles. The third-order valence-corrected chi connectivity index (χ3v) is 4.68. The van der Waals surface area contributed by atoms with Gasteiger partial charge in [-0.2, -0.15) is 0 Å². The Kier molecular flexibility index (Phi) is 2.38. The van der Waals surface area contributed by atoms with Crippen LogP contribution in [0.3, 0.4) is 0 Å². The Balaban J connectivity index is 2.09. The number of rotatable bonds is 3. The van der Waals surface area contributed by atoms with Gasteiger partial charge in [0.15, 0.2) is 0 Å². The van der Waals surface area contributed by atoms with E-state index in [0.717, 1.165) is 11.6 Å². The van der Waals surface area contributed by atoms with E-state index in [1.807, 2.05) is 7.05 Å². The Hall–Kier alpha value is -0.390. The molecular weight excluding hydrogens is 313 g/mol. The molecule has 3 nitrogen and oxygen atoms in total. The molecule has 2 aliphatic rings. The van der Waals surface area contributed by atoms with Gasteiger partial charge in [0.25, 0.3) is 0 Å². The van der Waals surface area contributed by atoms with Crippen LogP contribution in [0.5, 0.6) is 0 Å². The molecule has 1 N–H and O–H groups in total. The van der Waals surface area contributed by atoms with E-state index in [9.17, 15) is 0 Å². The third kappa shape index (κ3) is 1.71. The summed E-state index contributed by atoms with van der Waals surface area (Å²) in [5.41, 5.74) is 1.54. The molecule has 1 heterocycles. The van der Waals surface area contributed by atoms with Crippen molar-refractivity contribution in [1.29, 1.82) is 0 Å². The van der Waals surface area contributed by atoms with Crippen molar-refractivity contribution in [3.63, 3.8) is 0 Å². The summed E-state index contributed by atoms with van der Waals surface area (Å²) in [6.45, 7) is 2.27. The first-order valence-corrected chi connectivity index (χ1v) is 6.97. The molecule has 0 amide bonds. The van der Waals surface area contributed by atoms with E-state index in [4.69, 9.17) is 4.98 Å². The second kappa shape index (κ2) is 3.55. The molecule has 1 aromatic rings. The summed E-state index contributed by atoms with van der Waals surface area (Å²) >= 11 is 2.37. The summed E-state index contributed by atoms with van der Waals surface area (Å²) in [6.07, 6.45) is 5.07. The quantitative estimate of drug-likeness (QED) is 0.866. The Morgan fingerprint density at radius 2 is 2.00 bits per heavy atom. The molecule has 0 atom stereocenters. The lowest BCUT2D eigenvalue weighted by Crippen LogP contribution is -2.13. The van der Waals surface area contributed by atoms with Gasteiger partial charge in [-0.1, -0.05) is 6.92 Å². The molecule has 2 aliphatic carbocycles. The number of hydrogen-bond acceptors (Lipinski definition) is 3. The molecule has 3 rings (SSSR count). The van der Waals surface area contributed by atoms with Crippen molar-refractivity contribution in [2.75, 3.05) is 12.4 Å². The van der Waals surface area contributed by atoms with Crippen LogP contribution >= 0.6 is 22.6 Å². The smallest absolute Gasteiger partial charge is 0.143 e. The second-order valence-corrected chi connectivity index (χ2v) is 6.26. The predicted molar refractivity (Wildman–Crippen MR) is 72.9 cm³/mol. The lowest BCUT2D eigenvalue weighted by atomic mass is 10.1. The molecule has 0 radical (unpaired) electrons. The first-order chi connectivity index (χ1) is 7.64. The summed E-state index contributed by atoms with van der Waals surface area (Å²) in [6, 6.07) is 0. The van der Waals surface area contributed by atoms with Crippen LogP contribution < -0.4 is 5.32 Å². The minimum atomic E-state index is 0.263. The van der Waals surface area contributed by atoms with Crippen molar-refractivity contribution in [3.8, 4) is 0 Å². The summed E-state index contributed by atoms with van der Waals surface area (Å²) in [5.74, 6) is 2.77. The van der Waals surface area contributed by atoms with Crippen molar-refractivity contribution < 1.29 is 0 Å². The van der Waals surface area contributed by atoms with Crippen LogP contribution in [0.4, 0.5) is 5.82 Å². The fourth-order valence-electron chi connectivity index (χ4n) is 1.94. The fourth-order valence-corrected chi connectivity index (χ4v) is 2.89. The van der Waals surface area contributed by atoms with Crippen molar-refractivity contribution in [2.45, 2.75) is 43.9 Å². The molecule has 4 heteroatoms. The highest BCUT2D eigenvalue weighted by Crippen LogP contribution is 2.48. The highest BCUT2D eigenvalue weighted by atomic mass is 127. The molecule has 16 heavy (non-hydrogen) atoms. The van der Waals surface area contributed by atoms with Gasteiger partial charge >= 0.3 is 0 Å².